The van der Waals surface area contributed by atoms with Gasteiger partial charge >= 0.3 is 6.18 Å². The Morgan fingerprint density at radius 2 is 1.81 bits per heavy atom. The fraction of sp³-hybridized carbons (Fsp3) is 0.250. The first-order valence-electron chi connectivity index (χ1n) is 8.92. The number of hydrogen-bond donors (Lipinski definition) is 2. The molecule has 2 aromatic carbocycles. The van der Waals surface area contributed by atoms with Crippen LogP contribution >= 0.6 is 35.3 Å². The molecule has 3 aromatic rings. The maximum absolute atomic E-state index is 13.1. The molecule has 0 radical (unpaired) electrons. The summed E-state index contributed by atoms with van der Waals surface area (Å²) in [6.07, 6.45) is -4.08. The highest BCUT2D eigenvalue weighted by atomic mass is 35.5. The van der Waals surface area contributed by atoms with Crippen molar-refractivity contribution in [3.05, 3.63) is 69.2 Å². The maximum atomic E-state index is 13.1. The van der Waals surface area contributed by atoms with Crippen LogP contribution in [0.5, 0.6) is 0 Å². The summed E-state index contributed by atoms with van der Waals surface area (Å²) < 4.78 is 39.3. The molecule has 0 saturated heterocycles. The van der Waals surface area contributed by atoms with E-state index in [0.717, 1.165) is 34.6 Å². The molecule has 1 aromatic heterocycles. The van der Waals surface area contributed by atoms with Crippen LogP contribution in [-0.4, -0.2) is 16.1 Å². The molecular formula is C20H19Cl2F3N4OS. The third-order valence-electron chi connectivity index (χ3n) is 4.29. The molecule has 0 spiro atoms. The van der Waals surface area contributed by atoms with Gasteiger partial charge in [-0.3, -0.25) is 4.79 Å². The van der Waals surface area contributed by atoms with Gasteiger partial charge in [0.15, 0.2) is 0 Å². The normalized spacial score (nSPS) is 12.2. The van der Waals surface area contributed by atoms with Crippen LogP contribution in [0.1, 0.15) is 34.7 Å². The van der Waals surface area contributed by atoms with Crippen molar-refractivity contribution >= 4 is 41.3 Å². The minimum atomic E-state index is -4.53. The van der Waals surface area contributed by atoms with Gasteiger partial charge < -0.3 is 11.1 Å². The summed E-state index contributed by atoms with van der Waals surface area (Å²) in [7, 11) is 0. The molecule has 31 heavy (non-hydrogen) atoms. The van der Waals surface area contributed by atoms with E-state index in [4.69, 9.17) is 17.3 Å². The maximum Gasteiger partial charge on any atom is 0.416 e. The van der Waals surface area contributed by atoms with Crippen LogP contribution < -0.4 is 11.1 Å². The first-order chi connectivity index (χ1) is 14.2. The van der Waals surface area contributed by atoms with Crippen LogP contribution in [0, 0.1) is 0 Å². The molecule has 0 aliphatic heterocycles. The Labute approximate surface area is 192 Å². The molecule has 11 heteroatoms. The molecule has 3 rings (SSSR count). The molecule has 166 valence electrons. The van der Waals surface area contributed by atoms with Gasteiger partial charge in [-0.2, -0.15) is 13.2 Å². The van der Waals surface area contributed by atoms with E-state index in [1.54, 1.807) is 0 Å². The van der Waals surface area contributed by atoms with Gasteiger partial charge in [-0.1, -0.05) is 47.2 Å². The van der Waals surface area contributed by atoms with Crippen molar-refractivity contribution < 1.29 is 18.0 Å². The highest BCUT2D eigenvalue weighted by Crippen LogP contribution is 2.36. The van der Waals surface area contributed by atoms with Gasteiger partial charge in [0.2, 0.25) is 5.91 Å². The number of hydrogen-bond acceptors (Lipinski definition) is 5. The van der Waals surface area contributed by atoms with Gasteiger partial charge in [0.25, 0.3) is 0 Å². The van der Waals surface area contributed by atoms with E-state index >= 15 is 0 Å². The molecule has 0 aliphatic carbocycles. The quantitative estimate of drug-likeness (QED) is 0.498. The number of carbonyl (C=O) groups is 1. The van der Waals surface area contributed by atoms with Gasteiger partial charge in [-0.25, -0.2) is 0 Å². The summed E-state index contributed by atoms with van der Waals surface area (Å²) in [5.41, 5.74) is 6.89. The fourth-order valence-electron chi connectivity index (χ4n) is 2.86. The van der Waals surface area contributed by atoms with E-state index in [2.05, 4.69) is 15.5 Å². The first-order valence-corrected chi connectivity index (χ1v) is 10.1. The van der Waals surface area contributed by atoms with Crippen LogP contribution in [0.2, 0.25) is 5.02 Å². The summed E-state index contributed by atoms with van der Waals surface area (Å²) in [5.74, 6) is -0.252. The molecule has 0 fully saturated rings. The first kappa shape index (κ1) is 25.1. The topological polar surface area (TPSA) is 80.9 Å². The Hall–Kier alpha value is -2.20. The lowest BCUT2D eigenvalue weighted by Gasteiger charge is -2.15. The van der Waals surface area contributed by atoms with Crippen molar-refractivity contribution in [3.8, 4) is 10.6 Å². The van der Waals surface area contributed by atoms with Crippen molar-refractivity contribution in [1.29, 1.82) is 0 Å². The Bertz CT molecular complexity index is 1040. The molecule has 3 N–H and O–H groups in total. The van der Waals surface area contributed by atoms with E-state index in [9.17, 15) is 18.0 Å². The van der Waals surface area contributed by atoms with E-state index in [-0.39, 0.29) is 33.9 Å². The lowest BCUT2D eigenvalue weighted by atomic mass is 10.0. The minimum Gasteiger partial charge on any atom is -0.347 e. The largest absolute Gasteiger partial charge is 0.416 e. The minimum absolute atomic E-state index is 0. The summed E-state index contributed by atoms with van der Waals surface area (Å²) in [6, 6.07) is 10.4. The predicted molar refractivity (Wildman–Crippen MR) is 117 cm³/mol. The number of carbonyl (C=O) groups excluding carboxylic acids is 1. The average molecular weight is 491 g/mol. The zero-order valence-corrected chi connectivity index (χ0v) is 18.6. The highest BCUT2D eigenvalue weighted by Gasteiger charge is 2.31. The molecule has 0 saturated carbocycles. The fourth-order valence-corrected chi connectivity index (χ4v) is 3.98. The van der Waals surface area contributed by atoms with Crippen LogP contribution in [-0.2, 0) is 23.9 Å². The second-order valence-electron chi connectivity index (χ2n) is 6.65. The molecule has 1 unspecified atom stereocenters. The zero-order chi connectivity index (χ0) is 21.9. The molecule has 1 heterocycles. The van der Waals surface area contributed by atoms with Crippen molar-refractivity contribution in [2.45, 2.75) is 32.1 Å². The van der Waals surface area contributed by atoms with Crippen LogP contribution in [0.15, 0.2) is 42.5 Å². The number of amides is 1. The van der Waals surface area contributed by atoms with Crippen LogP contribution in [0.25, 0.3) is 10.6 Å². The number of halogens is 5. The zero-order valence-electron chi connectivity index (χ0n) is 16.2. The lowest BCUT2D eigenvalue weighted by Crippen LogP contribution is -2.27. The van der Waals surface area contributed by atoms with E-state index < -0.39 is 17.8 Å². The molecular weight excluding hydrogens is 472 g/mol. The monoisotopic (exact) mass is 490 g/mol. The van der Waals surface area contributed by atoms with Gasteiger partial charge in [0, 0.05) is 24.1 Å². The average Bonchev–Trinajstić information content (AvgIpc) is 3.17. The summed E-state index contributed by atoms with van der Waals surface area (Å²) in [4.78, 5) is 11.7. The summed E-state index contributed by atoms with van der Waals surface area (Å²) in [5, 5.41) is 11.7. The van der Waals surface area contributed by atoms with Crippen LogP contribution in [0.4, 0.5) is 13.2 Å². The molecule has 1 amide bonds. The number of aromatic nitrogens is 2. The highest BCUT2D eigenvalue weighted by molar-refractivity contribution is 7.14. The van der Waals surface area contributed by atoms with Gasteiger partial charge in [-0.15, -0.1) is 22.6 Å². The lowest BCUT2D eigenvalue weighted by molar-refractivity contribution is -0.137. The molecule has 5 nitrogen and oxygen atoms in total. The predicted octanol–water partition coefficient (Wildman–Crippen LogP) is 5.18. The Kier molecular flexibility index (Phi) is 8.41. The third-order valence-corrected chi connectivity index (χ3v) is 5.59. The number of nitrogens with two attached hydrogens (primary N) is 1. The second kappa shape index (κ2) is 10.4. The number of nitrogens with zero attached hydrogens (tertiary/aromatic N) is 2. The van der Waals surface area contributed by atoms with Crippen LogP contribution in [0.3, 0.4) is 0 Å². The van der Waals surface area contributed by atoms with Gasteiger partial charge in [0.05, 0.1) is 11.6 Å². The standard InChI is InChI=1S/C20H18ClF3N4OS.ClH/c1-11(29)26-17(6-12-2-4-13(10-25)5-3-12)19-28-27-18(30-19)14-7-15(20(22,23)24)9-16(21)8-14;/h2-5,7-9,17H,6,10,25H2,1H3,(H,26,29);1H. The summed E-state index contributed by atoms with van der Waals surface area (Å²) in [6.45, 7) is 1.81. The van der Waals surface area contributed by atoms with E-state index in [1.165, 1.54) is 13.0 Å². The number of benzene rings is 2. The molecule has 0 aliphatic rings. The smallest absolute Gasteiger partial charge is 0.347 e. The Balaban J connectivity index is 0.00000341. The van der Waals surface area contributed by atoms with Crippen molar-refractivity contribution in [1.82, 2.24) is 15.5 Å². The molecule has 0 bridgehead atoms. The number of nitrogens with one attached hydrogen (secondary N) is 1. The Morgan fingerprint density at radius 1 is 1.16 bits per heavy atom. The van der Waals surface area contributed by atoms with Crippen molar-refractivity contribution in [3.63, 3.8) is 0 Å². The third kappa shape index (κ3) is 6.64. The SMILES string of the molecule is CC(=O)NC(Cc1ccc(CN)cc1)c1nnc(-c2cc(Cl)cc(C(F)(F)F)c2)s1.Cl. The van der Waals surface area contributed by atoms with Crippen molar-refractivity contribution in [2.24, 2.45) is 5.73 Å². The van der Waals surface area contributed by atoms with E-state index in [0.29, 0.717) is 18.0 Å². The number of alkyl halides is 3. The Morgan fingerprint density at radius 3 is 2.39 bits per heavy atom. The van der Waals surface area contributed by atoms with Gasteiger partial charge in [0.1, 0.15) is 10.0 Å². The van der Waals surface area contributed by atoms with Crippen molar-refractivity contribution in [2.75, 3.05) is 0 Å². The molecule has 1 atom stereocenters. The van der Waals surface area contributed by atoms with E-state index in [1.807, 2.05) is 24.3 Å². The summed E-state index contributed by atoms with van der Waals surface area (Å²) >= 11 is 6.97. The van der Waals surface area contributed by atoms with Gasteiger partial charge in [-0.05, 0) is 35.7 Å². The second-order valence-corrected chi connectivity index (χ2v) is 8.10. The number of rotatable bonds is 6.